The number of carbonyl (C=O) groups is 1. The summed E-state index contributed by atoms with van der Waals surface area (Å²) in [6.45, 7) is 2.16. The van der Waals surface area contributed by atoms with Crippen LogP contribution in [0.3, 0.4) is 0 Å². The lowest BCUT2D eigenvalue weighted by Crippen LogP contribution is -2.33. The van der Waals surface area contributed by atoms with Crippen LogP contribution in [0.5, 0.6) is 0 Å². The maximum absolute atomic E-state index is 13.2. The van der Waals surface area contributed by atoms with Gasteiger partial charge in [0.15, 0.2) is 0 Å². The fraction of sp³-hybridized carbons (Fsp3) is 0.278. The van der Waals surface area contributed by atoms with Gasteiger partial charge in [-0.15, -0.1) is 0 Å². The Balaban J connectivity index is 1.82. The van der Waals surface area contributed by atoms with E-state index in [1.54, 1.807) is 23.1 Å². The second kappa shape index (κ2) is 6.93. The smallest absolute Gasteiger partial charge is 0.240 e. The van der Waals surface area contributed by atoms with Gasteiger partial charge in [0.25, 0.3) is 0 Å². The third-order valence-corrected chi connectivity index (χ3v) is 5.61. The first kappa shape index (κ1) is 17.6. The second-order valence-electron chi connectivity index (χ2n) is 6.02. The number of hydrogen-bond acceptors (Lipinski definition) is 3. The van der Waals surface area contributed by atoms with Gasteiger partial charge in [-0.1, -0.05) is 12.1 Å². The maximum atomic E-state index is 13.2. The Morgan fingerprint density at radius 1 is 1.24 bits per heavy atom. The summed E-state index contributed by atoms with van der Waals surface area (Å²) in [4.78, 5) is 13.5. The van der Waals surface area contributed by atoms with Crippen molar-refractivity contribution < 1.29 is 17.6 Å². The van der Waals surface area contributed by atoms with Crippen molar-refractivity contribution in [2.24, 2.45) is 0 Å². The molecule has 0 saturated heterocycles. The van der Waals surface area contributed by atoms with E-state index in [0.717, 1.165) is 24.1 Å². The summed E-state index contributed by atoms with van der Waals surface area (Å²) < 4.78 is 40.7. The Bertz CT molecular complexity index is 912. The Morgan fingerprint density at radius 2 is 2.04 bits per heavy atom. The van der Waals surface area contributed by atoms with E-state index in [-0.39, 0.29) is 17.3 Å². The lowest BCUT2D eigenvalue weighted by molar-refractivity contribution is -0.116. The summed E-state index contributed by atoms with van der Waals surface area (Å²) >= 11 is 0. The zero-order valence-electron chi connectivity index (χ0n) is 13.8. The van der Waals surface area contributed by atoms with E-state index in [1.807, 2.05) is 0 Å². The molecule has 2 aromatic carbocycles. The molecule has 1 aliphatic rings. The highest BCUT2D eigenvalue weighted by atomic mass is 32.2. The maximum Gasteiger partial charge on any atom is 0.240 e. The van der Waals surface area contributed by atoms with E-state index in [2.05, 4.69) is 4.72 Å². The van der Waals surface area contributed by atoms with E-state index in [0.29, 0.717) is 12.1 Å². The van der Waals surface area contributed by atoms with Crippen LogP contribution in [0, 0.1) is 5.82 Å². The van der Waals surface area contributed by atoms with Gasteiger partial charge in [0.2, 0.25) is 15.9 Å². The van der Waals surface area contributed by atoms with Gasteiger partial charge >= 0.3 is 0 Å². The van der Waals surface area contributed by atoms with E-state index in [4.69, 9.17) is 0 Å². The summed E-state index contributed by atoms with van der Waals surface area (Å²) in [6, 6.07) is 10.6. The molecule has 1 amide bonds. The summed E-state index contributed by atoms with van der Waals surface area (Å²) in [5.41, 5.74) is 2.15. The van der Waals surface area contributed by atoms with E-state index < -0.39 is 15.8 Å². The largest absolute Gasteiger partial charge is 0.312 e. The summed E-state index contributed by atoms with van der Waals surface area (Å²) in [5.74, 6) is -0.462. The molecule has 7 heteroatoms. The molecule has 0 saturated carbocycles. The number of carbonyl (C=O) groups excluding carboxylic acids is 1. The van der Waals surface area contributed by atoms with Crippen LogP contribution in [0.25, 0.3) is 0 Å². The van der Waals surface area contributed by atoms with E-state index in [1.165, 1.54) is 31.2 Å². The number of nitrogens with one attached hydrogen (secondary N) is 1. The number of amides is 1. The molecule has 0 aliphatic carbocycles. The van der Waals surface area contributed by atoms with Gasteiger partial charge in [0.05, 0.1) is 4.90 Å². The number of sulfonamides is 1. The SMILES string of the molecule is CC(=O)N1CCCc2cc(S(=O)(=O)NCc3cccc(F)c3)ccc21. The third kappa shape index (κ3) is 3.88. The number of hydrogen-bond donors (Lipinski definition) is 1. The molecule has 132 valence electrons. The fourth-order valence-electron chi connectivity index (χ4n) is 2.98. The molecule has 0 radical (unpaired) electrons. The first-order valence-corrected chi connectivity index (χ1v) is 9.50. The van der Waals surface area contributed by atoms with E-state index >= 15 is 0 Å². The number of benzene rings is 2. The minimum atomic E-state index is -3.72. The molecule has 0 aromatic heterocycles. The monoisotopic (exact) mass is 362 g/mol. The molecule has 0 fully saturated rings. The standard InChI is InChI=1S/C18H19FN2O3S/c1-13(22)21-9-3-5-15-11-17(7-8-18(15)21)25(23,24)20-12-14-4-2-6-16(19)10-14/h2,4,6-8,10-11,20H,3,5,9,12H2,1H3. The lowest BCUT2D eigenvalue weighted by Gasteiger charge is -2.28. The van der Waals surface area contributed by atoms with Gasteiger partial charge in [0, 0.05) is 25.7 Å². The fourth-order valence-corrected chi connectivity index (χ4v) is 4.04. The zero-order chi connectivity index (χ0) is 18.0. The molecule has 0 unspecified atom stereocenters. The first-order valence-electron chi connectivity index (χ1n) is 8.02. The Labute approximate surface area is 146 Å². The van der Waals surface area contributed by atoms with Crippen LogP contribution >= 0.6 is 0 Å². The second-order valence-corrected chi connectivity index (χ2v) is 7.79. The Kier molecular flexibility index (Phi) is 4.87. The van der Waals surface area contributed by atoms with Crippen molar-refractivity contribution in [1.29, 1.82) is 0 Å². The molecule has 5 nitrogen and oxygen atoms in total. The number of aryl methyl sites for hydroxylation is 1. The average molecular weight is 362 g/mol. The average Bonchev–Trinajstić information content (AvgIpc) is 2.59. The van der Waals surface area contributed by atoms with Gasteiger partial charge in [-0.05, 0) is 54.3 Å². The van der Waals surface area contributed by atoms with Crippen LogP contribution < -0.4 is 9.62 Å². The van der Waals surface area contributed by atoms with Crippen molar-refractivity contribution >= 4 is 21.6 Å². The van der Waals surface area contributed by atoms with Gasteiger partial charge in [-0.3, -0.25) is 4.79 Å². The molecule has 2 aromatic rings. The predicted molar refractivity (Wildman–Crippen MR) is 93.2 cm³/mol. The van der Waals surface area contributed by atoms with Gasteiger partial charge in [0.1, 0.15) is 5.82 Å². The van der Waals surface area contributed by atoms with Crippen LogP contribution in [-0.4, -0.2) is 20.9 Å². The number of rotatable bonds is 4. The van der Waals surface area contributed by atoms with E-state index in [9.17, 15) is 17.6 Å². The highest BCUT2D eigenvalue weighted by Crippen LogP contribution is 2.29. The molecule has 0 bridgehead atoms. The molecule has 1 aliphatic heterocycles. The summed E-state index contributed by atoms with van der Waals surface area (Å²) in [5, 5.41) is 0. The lowest BCUT2D eigenvalue weighted by atomic mass is 10.0. The molecular weight excluding hydrogens is 343 g/mol. The van der Waals surface area contributed by atoms with Crippen molar-refractivity contribution in [3.05, 3.63) is 59.4 Å². The topological polar surface area (TPSA) is 66.5 Å². The number of anilines is 1. The van der Waals surface area contributed by atoms with Crippen molar-refractivity contribution in [3.63, 3.8) is 0 Å². The molecule has 25 heavy (non-hydrogen) atoms. The molecule has 1 heterocycles. The van der Waals surface area contributed by atoms with Crippen molar-refractivity contribution in [3.8, 4) is 0 Å². The zero-order valence-corrected chi connectivity index (χ0v) is 14.6. The van der Waals surface area contributed by atoms with Crippen LogP contribution in [-0.2, 0) is 27.8 Å². The summed E-state index contributed by atoms with van der Waals surface area (Å²) in [7, 11) is -3.72. The van der Waals surface area contributed by atoms with Gasteiger partial charge in [-0.2, -0.15) is 0 Å². The van der Waals surface area contributed by atoms with Crippen molar-refractivity contribution in [2.45, 2.75) is 31.2 Å². The molecule has 0 spiro atoms. The highest BCUT2D eigenvalue weighted by Gasteiger charge is 2.22. The Hall–Kier alpha value is -2.25. The predicted octanol–water partition coefficient (Wildman–Crippen LogP) is 2.60. The first-order chi connectivity index (χ1) is 11.9. The molecule has 0 atom stereocenters. The van der Waals surface area contributed by atoms with Crippen LogP contribution in [0.4, 0.5) is 10.1 Å². The minimum Gasteiger partial charge on any atom is -0.312 e. The molecule has 1 N–H and O–H groups in total. The van der Waals surface area contributed by atoms with Gasteiger partial charge in [-0.25, -0.2) is 17.5 Å². The number of fused-ring (bicyclic) bond motifs is 1. The molecule has 3 rings (SSSR count). The number of nitrogens with zero attached hydrogens (tertiary/aromatic N) is 1. The van der Waals surface area contributed by atoms with Gasteiger partial charge < -0.3 is 4.90 Å². The third-order valence-electron chi connectivity index (χ3n) is 4.22. The van der Waals surface area contributed by atoms with Crippen molar-refractivity contribution in [1.82, 2.24) is 4.72 Å². The number of halogens is 1. The normalized spacial score (nSPS) is 14.2. The quantitative estimate of drug-likeness (QED) is 0.909. The van der Waals surface area contributed by atoms with Crippen LogP contribution in [0.1, 0.15) is 24.5 Å². The Morgan fingerprint density at radius 3 is 2.76 bits per heavy atom. The molecular formula is C18H19FN2O3S. The van der Waals surface area contributed by atoms with Crippen LogP contribution in [0.15, 0.2) is 47.4 Å². The van der Waals surface area contributed by atoms with Crippen LogP contribution in [0.2, 0.25) is 0 Å². The minimum absolute atomic E-state index is 0.0107. The van der Waals surface area contributed by atoms with Crippen molar-refractivity contribution in [2.75, 3.05) is 11.4 Å². The summed E-state index contributed by atoms with van der Waals surface area (Å²) in [6.07, 6.45) is 1.53. The highest BCUT2D eigenvalue weighted by molar-refractivity contribution is 7.89.